The fourth-order valence-corrected chi connectivity index (χ4v) is 1.24. The summed E-state index contributed by atoms with van der Waals surface area (Å²) in [4.78, 5) is 31.4. The summed E-state index contributed by atoms with van der Waals surface area (Å²) >= 11 is 0. The fraction of sp³-hybridized carbons (Fsp3) is 0.615. The molecule has 1 radical (unpaired) electrons. The number of hydrogen-bond acceptors (Lipinski definition) is 6. The normalized spacial score (nSPS) is 9.34. The van der Waals surface area contributed by atoms with Gasteiger partial charge in [0.25, 0.3) is 0 Å². The molecular formula is C26H47O6. The molecule has 0 aromatic rings. The Labute approximate surface area is 197 Å². The predicted molar refractivity (Wildman–Crippen MR) is 133 cm³/mol. The van der Waals surface area contributed by atoms with Crippen LogP contribution in [0.3, 0.4) is 0 Å². The summed E-state index contributed by atoms with van der Waals surface area (Å²) in [7, 11) is 1.31. The fourth-order valence-electron chi connectivity index (χ4n) is 1.24. The van der Waals surface area contributed by atoms with E-state index < -0.39 is 11.6 Å². The van der Waals surface area contributed by atoms with Gasteiger partial charge in [0.1, 0.15) is 5.60 Å². The van der Waals surface area contributed by atoms with Crippen molar-refractivity contribution in [3.05, 3.63) is 43.9 Å². The van der Waals surface area contributed by atoms with Crippen molar-refractivity contribution < 1.29 is 28.6 Å². The molecule has 0 unspecified atom stereocenters. The van der Waals surface area contributed by atoms with Gasteiger partial charge in [-0.25, -0.2) is 14.4 Å². The third-order valence-electron chi connectivity index (χ3n) is 2.86. The monoisotopic (exact) mass is 455 g/mol. The number of esters is 3. The lowest BCUT2D eigenvalue weighted by molar-refractivity contribution is -0.149. The lowest BCUT2D eigenvalue weighted by Gasteiger charge is -2.19. The molecule has 0 atom stereocenters. The van der Waals surface area contributed by atoms with Gasteiger partial charge in [0.15, 0.2) is 0 Å². The molecule has 0 amide bonds. The summed E-state index contributed by atoms with van der Waals surface area (Å²) < 4.78 is 13.9. The van der Waals surface area contributed by atoms with Crippen molar-refractivity contribution in [2.75, 3.05) is 13.7 Å². The molecule has 187 valence electrons. The first-order chi connectivity index (χ1) is 14.6. The number of methoxy groups -OCH3 is 1. The molecule has 0 aliphatic carbocycles. The molecule has 0 bridgehead atoms. The van der Waals surface area contributed by atoms with Crippen LogP contribution >= 0.6 is 0 Å². The molecule has 6 nitrogen and oxygen atoms in total. The zero-order valence-corrected chi connectivity index (χ0v) is 22.0. The molecule has 0 heterocycles. The maximum atomic E-state index is 10.8. The first-order valence-electron chi connectivity index (χ1n) is 10.8. The Kier molecular flexibility index (Phi) is 26.9. The summed E-state index contributed by atoms with van der Waals surface area (Å²) in [6.45, 7) is 29.2. The molecule has 0 aromatic carbocycles. The summed E-state index contributed by atoms with van der Waals surface area (Å²) in [5.74, 6) is -0.625. The summed E-state index contributed by atoms with van der Waals surface area (Å²) in [5.41, 5.74) is 0.492. The smallest absolute Gasteiger partial charge is 0.333 e. The zero-order valence-electron chi connectivity index (χ0n) is 22.0. The second-order valence-corrected chi connectivity index (χ2v) is 8.34. The molecule has 0 aromatic heterocycles. The van der Waals surface area contributed by atoms with Crippen LogP contribution in [0.25, 0.3) is 0 Å². The van der Waals surface area contributed by atoms with E-state index in [1.54, 1.807) is 13.8 Å². The Hall–Kier alpha value is -2.37. The van der Waals surface area contributed by atoms with Gasteiger partial charge in [-0.2, -0.15) is 0 Å². The van der Waals surface area contributed by atoms with E-state index in [2.05, 4.69) is 38.3 Å². The number of ether oxygens (including phenoxy) is 3. The molecule has 0 saturated heterocycles. The van der Waals surface area contributed by atoms with E-state index in [0.29, 0.717) is 23.7 Å². The van der Waals surface area contributed by atoms with Gasteiger partial charge in [0.2, 0.25) is 0 Å². The van der Waals surface area contributed by atoms with Gasteiger partial charge in [0.05, 0.1) is 13.7 Å². The van der Waals surface area contributed by atoms with Crippen LogP contribution in [0.2, 0.25) is 0 Å². The van der Waals surface area contributed by atoms with Crippen molar-refractivity contribution in [3.63, 3.8) is 0 Å². The second-order valence-electron chi connectivity index (χ2n) is 8.34. The minimum Gasteiger partial charge on any atom is -0.466 e. The number of hydrogen-bond donors (Lipinski definition) is 0. The molecule has 0 fully saturated rings. The van der Waals surface area contributed by atoms with Crippen LogP contribution < -0.4 is 0 Å². The highest BCUT2D eigenvalue weighted by atomic mass is 16.6. The van der Waals surface area contributed by atoms with Crippen molar-refractivity contribution in [2.45, 2.75) is 86.7 Å². The lowest BCUT2D eigenvalue weighted by Crippen LogP contribution is -2.23. The summed E-state index contributed by atoms with van der Waals surface area (Å²) in [6.07, 6.45) is 6.18. The van der Waals surface area contributed by atoms with Crippen LogP contribution in [0.1, 0.15) is 81.1 Å². The van der Waals surface area contributed by atoms with Crippen molar-refractivity contribution in [1.29, 1.82) is 0 Å². The van der Waals surface area contributed by atoms with E-state index in [-0.39, 0.29) is 11.9 Å². The van der Waals surface area contributed by atoms with E-state index in [9.17, 15) is 14.4 Å². The summed E-state index contributed by atoms with van der Waals surface area (Å²) in [5, 5.41) is 0. The molecule has 0 spiro atoms. The number of carbonyl (C=O) groups is 3. The molecule has 0 aliphatic heterocycles. The maximum Gasteiger partial charge on any atom is 0.333 e. The van der Waals surface area contributed by atoms with Gasteiger partial charge in [-0.3, -0.25) is 0 Å². The molecule has 0 saturated carbocycles. The molecular weight excluding hydrogens is 408 g/mol. The van der Waals surface area contributed by atoms with Crippen molar-refractivity contribution in [1.82, 2.24) is 0 Å². The van der Waals surface area contributed by atoms with Crippen LogP contribution in [-0.2, 0) is 28.6 Å². The van der Waals surface area contributed by atoms with Gasteiger partial charge in [-0.05, 0) is 40.5 Å². The van der Waals surface area contributed by atoms with Gasteiger partial charge < -0.3 is 14.2 Å². The highest BCUT2D eigenvalue weighted by Gasteiger charge is 2.15. The SMILES string of the molecule is C=C(C)C(=O)OC(C)(C)C.C=C(C)C(=O)OCC(C)C.C=CC(=O)OC.[CH2]CCCCC. The average Bonchev–Trinajstić information content (AvgIpc) is 2.69. The Morgan fingerprint density at radius 2 is 1.44 bits per heavy atom. The Bertz CT molecular complexity index is 549. The van der Waals surface area contributed by atoms with Crippen LogP contribution in [0.5, 0.6) is 0 Å². The Morgan fingerprint density at radius 1 is 0.969 bits per heavy atom. The maximum absolute atomic E-state index is 10.8. The minimum absolute atomic E-state index is 0.297. The van der Waals surface area contributed by atoms with E-state index in [4.69, 9.17) is 9.47 Å². The van der Waals surface area contributed by atoms with Gasteiger partial charge in [-0.1, -0.05) is 73.1 Å². The number of rotatable bonds is 8. The second kappa shape index (κ2) is 23.3. The average molecular weight is 456 g/mol. The molecule has 6 heteroatoms. The van der Waals surface area contributed by atoms with Gasteiger partial charge in [-0.15, -0.1) is 0 Å². The number of carbonyl (C=O) groups excluding carboxylic acids is 3. The molecule has 32 heavy (non-hydrogen) atoms. The Morgan fingerprint density at radius 3 is 1.59 bits per heavy atom. The van der Waals surface area contributed by atoms with Crippen LogP contribution in [0.4, 0.5) is 0 Å². The van der Waals surface area contributed by atoms with Crippen molar-refractivity contribution in [2.24, 2.45) is 5.92 Å². The van der Waals surface area contributed by atoms with Gasteiger partial charge in [0, 0.05) is 17.2 Å². The third kappa shape index (κ3) is 38.3. The highest BCUT2D eigenvalue weighted by molar-refractivity contribution is 5.87. The minimum atomic E-state index is -0.407. The van der Waals surface area contributed by atoms with E-state index in [1.165, 1.54) is 26.4 Å². The van der Waals surface area contributed by atoms with Gasteiger partial charge >= 0.3 is 17.9 Å². The largest absolute Gasteiger partial charge is 0.466 e. The highest BCUT2D eigenvalue weighted by Crippen LogP contribution is 2.09. The standard InChI is InChI=1S/2C8H14O2.C6H13.C4H6O2/c1-6(2)7(9)10-8(3,4)5;1-6(2)5-10-8(9)7(3)4;1-3-5-6-4-2;1-3-4(5)6-2/h1H2,2-5H3;6H,3,5H2,1-2,4H3;1,3-6H2,2H3;3H,1H2,2H3. The number of unbranched alkanes of at least 4 members (excludes halogenated alkanes) is 3. The van der Waals surface area contributed by atoms with Crippen LogP contribution in [-0.4, -0.2) is 37.2 Å². The van der Waals surface area contributed by atoms with E-state index in [1.807, 2.05) is 34.6 Å². The predicted octanol–water partition coefficient (Wildman–Crippen LogP) is 6.41. The molecule has 0 N–H and O–H groups in total. The van der Waals surface area contributed by atoms with Crippen molar-refractivity contribution in [3.8, 4) is 0 Å². The van der Waals surface area contributed by atoms with Crippen LogP contribution in [0, 0.1) is 12.8 Å². The van der Waals surface area contributed by atoms with E-state index >= 15 is 0 Å². The van der Waals surface area contributed by atoms with Crippen LogP contribution in [0.15, 0.2) is 37.0 Å². The topological polar surface area (TPSA) is 78.9 Å². The first kappa shape index (κ1) is 37.0. The zero-order chi connectivity index (χ0) is 26.3. The summed E-state index contributed by atoms with van der Waals surface area (Å²) in [6, 6.07) is 0. The van der Waals surface area contributed by atoms with Crippen molar-refractivity contribution >= 4 is 17.9 Å². The van der Waals surface area contributed by atoms with E-state index in [0.717, 1.165) is 12.5 Å². The first-order valence-corrected chi connectivity index (χ1v) is 10.8. The Balaban J connectivity index is -0.000000168. The molecule has 0 aliphatic rings. The third-order valence-corrected chi connectivity index (χ3v) is 2.86. The quantitative estimate of drug-likeness (QED) is 0.182. The lowest BCUT2D eigenvalue weighted by atomic mass is 10.2. The molecule has 0 rings (SSSR count).